The quantitative estimate of drug-likeness (QED) is 0.259. The highest BCUT2D eigenvalue weighted by atomic mass is 127. The molecular formula is C25H36IN3O3. The molecule has 6 nitrogen and oxygen atoms in total. The number of nitrogens with zero attached hydrogens (tertiary/aromatic N) is 1. The molecule has 0 amide bonds. The highest BCUT2D eigenvalue weighted by Crippen LogP contribution is 2.22. The Bertz CT molecular complexity index is 854. The van der Waals surface area contributed by atoms with Crippen molar-refractivity contribution in [2.45, 2.75) is 40.0 Å². The predicted molar refractivity (Wildman–Crippen MR) is 140 cm³/mol. The van der Waals surface area contributed by atoms with Crippen molar-refractivity contribution in [1.29, 1.82) is 0 Å². The molecule has 1 heterocycles. The second-order valence-electron chi connectivity index (χ2n) is 7.84. The van der Waals surface area contributed by atoms with Crippen LogP contribution in [0, 0.1) is 12.8 Å². The fourth-order valence-corrected chi connectivity index (χ4v) is 3.53. The smallest absolute Gasteiger partial charge is 0.191 e. The summed E-state index contributed by atoms with van der Waals surface area (Å²) in [5.74, 6) is 2.16. The number of aliphatic imine (C=N–C) groups is 1. The molecule has 176 valence electrons. The molecule has 1 unspecified atom stereocenters. The Labute approximate surface area is 209 Å². The van der Waals surface area contributed by atoms with Crippen LogP contribution in [0.15, 0.2) is 47.5 Å². The van der Waals surface area contributed by atoms with Crippen LogP contribution >= 0.6 is 24.0 Å². The van der Waals surface area contributed by atoms with Crippen molar-refractivity contribution in [2.75, 3.05) is 33.5 Å². The Hall–Kier alpha value is -1.84. The third kappa shape index (κ3) is 8.26. The highest BCUT2D eigenvalue weighted by Gasteiger charge is 2.17. The summed E-state index contributed by atoms with van der Waals surface area (Å²) in [4.78, 5) is 4.37. The van der Waals surface area contributed by atoms with Gasteiger partial charge in [0.15, 0.2) is 5.96 Å². The third-order valence-corrected chi connectivity index (χ3v) is 5.42. The van der Waals surface area contributed by atoms with Crippen molar-refractivity contribution >= 4 is 29.9 Å². The first-order valence-electron chi connectivity index (χ1n) is 11.1. The maximum absolute atomic E-state index is 6.16. The van der Waals surface area contributed by atoms with E-state index in [9.17, 15) is 0 Å². The lowest BCUT2D eigenvalue weighted by atomic mass is 10.1. The van der Waals surface area contributed by atoms with Gasteiger partial charge < -0.3 is 24.8 Å². The molecule has 2 aromatic carbocycles. The summed E-state index contributed by atoms with van der Waals surface area (Å²) in [6, 6.07) is 14.7. The first-order chi connectivity index (χ1) is 15.2. The lowest BCUT2D eigenvalue weighted by molar-refractivity contribution is 0.133. The molecule has 0 saturated carbocycles. The van der Waals surface area contributed by atoms with Crippen LogP contribution in [0.3, 0.4) is 0 Å². The van der Waals surface area contributed by atoms with Crippen LogP contribution in [0.25, 0.3) is 0 Å². The topological polar surface area (TPSA) is 64.1 Å². The molecule has 0 radical (unpaired) electrons. The largest absolute Gasteiger partial charge is 0.493 e. The van der Waals surface area contributed by atoms with Crippen LogP contribution in [-0.2, 0) is 29.2 Å². The van der Waals surface area contributed by atoms with Crippen LogP contribution in [0.1, 0.15) is 35.6 Å². The Kier molecular flexibility index (Phi) is 11.8. The van der Waals surface area contributed by atoms with Gasteiger partial charge in [0.25, 0.3) is 0 Å². The van der Waals surface area contributed by atoms with E-state index < -0.39 is 0 Å². The normalized spacial score (nSPS) is 15.8. The van der Waals surface area contributed by atoms with Crippen molar-refractivity contribution in [3.05, 3.63) is 64.7 Å². The summed E-state index contributed by atoms with van der Waals surface area (Å²) in [5, 5.41) is 6.82. The number of nitrogens with one attached hydrogen (secondary N) is 2. The number of hydrogen-bond donors (Lipinski definition) is 2. The van der Waals surface area contributed by atoms with Gasteiger partial charge in [-0.1, -0.05) is 36.4 Å². The number of ether oxygens (including phenoxy) is 3. The fourth-order valence-electron chi connectivity index (χ4n) is 3.53. The van der Waals surface area contributed by atoms with Gasteiger partial charge in [-0.3, -0.25) is 4.99 Å². The number of rotatable bonds is 10. The average molecular weight is 553 g/mol. The van der Waals surface area contributed by atoms with Crippen LogP contribution in [0.2, 0.25) is 0 Å². The van der Waals surface area contributed by atoms with Gasteiger partial charge in [0.2, 0.25) is 0 Å². The zero-order valence-corrected chi connectivity index (χ0v) is 21.7. The van der Waals surface area contributed by atoms with Gasteiger partial charge in [0.05, 0.1) is 19.8 Å². The summed E-state index contributed by atoms with van der Waals surface area (Å²) in [5.41, 5.74) is 4.70. The minimum Gasteiger partial charge on any atom is -0.493 e. The van der Waals surface area contributed by atoms with Gasteiger partial charge in [-0.2, -0.15) is 0 Å². The number of benzene rings is 2. The Morgan fingerprint density at radius 3 is 2.53 bits per heavy atom. The predicted octanol–water partition coefficient (Wildman–Crippen LogP) is 4.43. The molecule has 0 aliphatic carbocycles. The molecule has 1 atom stereocenters. The van der Waals surface area contributed by atoms with E-state index in [1.165, 1.54) is 16.7 Å². The first-order valence-corrected chi connectivity index (χ1v) is 11.1. The average Bonchev–Trinajstić information content (AvgIpc) is 3.31. The Morgan fingerprint density at radius 2 is 1.84 bits per heavy atom. The maximum atomic E-state index is 6.16. The summed E-state index contributed by atoms with van der Waals surface area (Å²) in [6.45, 7) is 9.07. The van der Waals surface area contributed by atoms with E-state index in [0.29, 0.717) is 38.8 Å². The summed E-state index contributed by atoms with van der Waals surface area (Å²) < 4.78 is 17.2. The van der Waals surface area contributed by atoms with Gasteiger partial charge in [-0.25, -0.2) is 0 Å². The van der Waals surface area contributed by atoms with Gasteiger partial charge in [-0.15, -0.1) is 24.0 Å². The van der Waals surface area contributed by atoms with Gasteiger partial charge in [0, 0.05) is 44.8 Å². The van der Waals surface area contributed by atoms with Crippen LogP contribution < -0.4 is 15.4 Å². The van der Waals surface area contributed by atoms with Crippen molar-refractivity contribution in [3.8, 4) is 5.75 Å². The lowest BCUT2D eigenvalue weighted by Crippen LogP contribution is -2.36. The molecule has 32 heavy (non-hydrogen) atoms. The molecule has 1 fully saturated rings. The molecule has 0 spiro atoms. The summed E-state index contributed by atoms with van der Waals surface area (Å²) in [7, 11) is 1.79. The van der Waals surface area contributed by atoms with E-state index >= 15 is 0 Å². The fraction of sp³-hybridized carbons (Fsp3) is 0.480. The minimum absolute atomic E-state index is 0. The van der Waals surface area contributed by atoms with E-state index in [1.807, 2.05) is 19.1 Å². The molecule has 1 aliphatic heterocycles. The molecule has 1 saturated heterocycles. The van der Waals surface area contributed by atoms with Crippen LogP contribution in [0.4, 0.5) is 0 Å². The van der Waals surface area contributed by atoms with Gasteiger partial charge in [0.1, 0.15) is 5.75 Å². The number of halogens is 1. The van der Waals surface area contributed by atoms with E-state index in [2.05, 4.69) is 52.9 Å². The summed E-state index contributed by atoms with van der Waals surface area (Å²) in [6.07, 6.45) is 1.07. The van der Waals surface area contributed by atoms with E-state index in [1.54, 1.807) is 7.05 Å². The lowest BCUT2D eigenvalue weighted by Gasteiger charge is -2.17. The zero-order chi connectivity index (χ0) is 21.9. The highest BCUT2D eigenvalue weighted by molar-refractivity contribution is 14.0. The molecule has 1 aliphatic rings. The van der Waals surface area contributed by atoms with Crippen molar-refractivity contribution < 1.29 is 14.2 Å². The monoisotopic (exact) mass is 553 g/mol. The molecule has 3 rings (SSSR count). The number of aryl methyl sites for hydroxylation is 1. The van der Waals surface area contributed by atoms with Crippen molar-refractivity contribution in [3.63, 3.8) is 0 Å². The van der Waals surface area contributed by atoms with Crippen LogP contribution in [0.5, 0.6) is 5.75 Å². The number of guanidine groups is 1. The molecule has 0 bridgehead atoms. The van der Waals surface area contributed by atoms with Crippen molar-refractivity contribution in [1.82, 2.24) is 10.6 Å². The van der Waals surface area contributed by atoms with Crippen molar-refractivity contribution in [2.24, 2.45) is 10.9 Å². The Morgan fingerprint density at radius 1 is 1.09 bits per heavy atom. The van der Waals surface area contributed by atoms with Gasteiger partial charge >= 0.3 is 0 Å². The van der Waals surface area contributed by atoms with E-state index in [4.69, 9.17) is 14.2 Å². The minimum atomic E-state index is 0. The molecule has 2 aromatic rings. The molecule has 7 heteroatoms. The standard InChI is InChI=1S/C25H35N3O3.HI/c1-4-29-18-23-8-6-5-7-21(23)14-27-25(26-3)28-15-22-10-9-19(2)13-24(22)31-17-20-11-12-30-16-20;/h5-10,13,20H,4,11-12,14-18H2,1-3H3,(H2,26,27,28);1H. The first kappa shape index (κ1) is 26.4. The summed E-state index contributed by atoms with van der Waals surface area (Å²) >= 11 is 0. The molecular weight excluding hydrogens is 517 g/mol. The van der Waals surface area contributed by atoms with E-state index in [0.717, 1.165) is 36.9 Å². The van der Waals surface area contributed by atoms with Crippen LogP contribution in [-0.4, -0.2) is 39.4 Å². The molecule has 2 N–H and O–H groups in total. The van der Waals surface area contributed by atoms with E-state index in [-0.39, 0.29) is 24.0 Å². The SMILES string of the molecule is CCOCc1ccccc1CNC(=NC)NCc1ccc(C)cc1OCC1CCOC1.I. The number of hydrogen-bond acceptors (Lipinski definition) is 4. The molecule has 0 aromatic heterocycles. The third-order valence-electron chi connectivity index (χ3n) is 5.42. The van der Waals surface area contributed by atoms with Gasteiger partial charge in [-0.05, 0) is 43.0 Å². The maximum Gasteiger partial charge on any atom is 0.191 e. The Balaban J connectivity index is 0.00000363. The second-order valence-corrected chi connectivity index (χ2v) is 7.84. The zero-order valence-electron chi connectivity index (χ0n) is 19.4. The second kappa shape index (κ2) is 14.3.